The lowest BCUT2D eigenvalue weighted by Gasteiger charge is -2.12. The Morgan fingerprint density at radius 2 is 2.05 bits per heavy atom. The normalized spacial score (nSPS) is 13.1. The molecule has 3 heteroatoms. The highest BCUT2D eigenvalue weighted by Crippen LogP contribution is 2.19. The van der Waals surface area contributed by atoms with Crippen molar-refractivity contribution >= 4 is 5.78 Å². The van der Waals surface area contributed by atoms with Crippen LogP contribution < -0.4 is 4.74 Å². The van der Waals surface area contributed by atoms with Gasteiger partial charge < -0.3 is 4.74 Å². The molecule has 21 heavy (non-hydrogen) atoms. The van der Waals surface area contributed by atoms with Crippen LogP contribution in [0.3, 0.4) is 0 Å². The number of nitrogens with zero attached hydrogens (tertiary/aromatic N) is 1. The molecule has 1 aliphatic rings. The number of aryl methyl sites for hydroxylation is 1. The molecule has 3 nitrogen and oxygen atoms in total. The van der Waals surface area contributed by atoms with E-state index in [1.807, 2.05) is 36.4 Å². The minimum Gasteiger partial charge on any atom is -0.497 e. The van der Waals surface area contributed by atoms with Gasteiger partial charge in [0.25, 0.3) is 0 Å². The van der Waals surface area contributed by atoms with Crippen molar-refractivity contribution in [2.24, 2.45) is 0 Å². The second-order valence-corrected chi connectivity index (χ2v) is 4.95. The molecule has 1 aromatic carbocycles. The molecule has 1 aromatic heterocycles. The zero-order chi connectivity index (χ0) is 14.7. The van der Waals surface area contributed by atoms with Gasteiger partial charge in [0.05, 0.1) is 12.8 Å². The van der Waals surface area contributed by atoms with Crippen LogP contribution in [-0.4, -0.2) is 17.9 Å². The van der Waals surface area contributed by atoms with Crippen LogP contribution in [0.2, 0.25) is 0 Å². The fourth-order valence-corrected chi connectivity index (χ4v) is 2.40. The fraction of sp³-hybridized carbons (Fsp3) is 0.222. The largest absolute Gasteiger partial charge is 0.497 e. The van der Waals surface area contributed by atoms with Gasteiger partial charge in [-0.15, -0.1) is 0 Å². The van der Waals surface area contributed by atoms with Gasteiger partial charge in [0.15, 0.2) is 5.78 Å². The molecule has 1 heterocycles. The van der Waals surface area contributed by atoms with Crippen molar-refractivity contribution in [2.75, 3.05) is 7.11 Å². The fourth-order valence-electron chi connectivity index (χ4n) is 2.40. The van der Waals surface area contributed by atoms with Gasteiger partial charge in [-0.25, -0.2) is 4.98 Å². The number of ether oxygens (including phenoxy) is 1. The summed E-state index contributed by atoms with van der Waals surface area (Å²) < 4.78 is 5.17. The van der Waals surface area contributed by atoms with E-state index in [1.165, 1.54) is 0 Å². The molecule has 0 atom stereocenters. The van der Waals surface area contributed by atoms with E-state index in [2.05, 4.69) is 16.8 Å². The summed E-state index contributed by atoms with van der Waals surface area (Å²) in [5.41, 5.74) is 3.22. The predicted octanol–water partition coefficient (Wildman–Crippen LogP) is 3.01. The quantitative estimate of drug-likeness (QED) is 0.752. The molecule has 104 valence electrons. The third-order valence-electron chi connectivity index (χ3n) is 3.50. The first-order valence-corrected chi connectivity index (χ1v) is 6.95. The van der Waals surface area contributed by atoms with Gasteiger partial charge in [-0.3, -0.25) is 4.79 Å². The van der Waals surface area contributed by atoms with Gasteiger partial charge in [-0.05, 0) is 49.1 Å². The molecule has 3 rings (SSSR count). The summed E-state index contributed by atoms with van der Waals surface area (Å²) in [6.07, 6.45) is 2.37. The molecule has 0 bridgehead atoms. The number of benzene rings is 1. The van der Waals surface area contributed by atoms with Crippen LogP contribution >= 0.6 is 0 Å². The highest BCUT2D eigenvalue weighted by molar-refractivity contribution is 5.98. The van der Waals surface area contributed by atoms with Crippen LogP contribution in [0.15, 0.2) is 36.4 Å². The summed E-state index contributed by atoms with van der Waals surface area (Å²) in [6, 6.07) is 11.3. The minimum absolute atomic E-state index is 0.191. The van der Waals surface area contributed by atoms with E-state index in [9.17, 15) is 4.79 Å². The average molecular weight is 277 g/mol. The lowest BCUT2D eigenvalue weighted by atomic mass is 9.94. The average Bonchev–Trinajstić information content (AvgIpc) is 2.53. The van der Waals surface area contributed by atoms with Crippen molar-refractivity contribution in [2.45, 2.75) is 19.3 Å². The molecule has 0 amide bonds. The van der Waals surface area contributed by atoms with Gasteiger partial charge in [0.2, 0.25) is 0 Å². The number of methoxy groups -OCH3 is 1. The Morgan fingerprint density at radius 3 is 2.90 bits per heavy atom. The third-order valence-corrected chi connectivity index (χ3v) is 3.50. The van der Waals surface area contributed by atoms with E-state index >= 15 is 0 Å². The standard InChI is InChI=1S/C18H15NO2/c1-21-15-5-2-4-13(12-15)8-9-14-10-11-16-17(19-14)6-3-7-18(16)20/h2,4-5,10-12H,3,6-7H2,1H3. The van der Waals surface area contributed by atoms with Crippen LogP contribution in [0, 0.1) is 11.8 Å². The monoisotopic (exact) mass is 277 g/mol. The highest BCUT2D eigenvalue weighted by Gasteiger charge is 2.17. The maximum absolute atomic E-state index is 11.8. The SMILES string of the molecule is COc1cccc(C#Cc2ccc3c(n2)CCCC3=O)c1. The maximum atomic E-state index is 11.8. The van der Waals surface area contributed by atoms with Crippen LogP contribution in [0.4, 0.5) is 0 Å². The Balaban J connectivity index is 1.89. The van der Waals surface area contributed by atoms with Crippen LogP contribution in [0.5, 0.6) is 5.75 Å². The number of aromatic nitrogens is 1. The summed E-state index contributed by atoms with van der Waals surface area (Å²) in [5.74, 6) is 7.10. The van der Waals surface area contributed by atoms with Crippen LogP contribution in [-0.2, 0) is 6.42 Å². The molecule has 0 saturated carbocycles. The van der Waals surface area contributed by atoms with E-state index in [4.69, 9.17) is 4.74 Å². The number of hydrogen-bond donors (Lipinski definition) is 0. The first-order chi connectivity index (χ1) is 10.3. The summed E-state index contributed by atoms with van der Waals surface area (Å²) >= 11 is 0. The number of Topliss-reactive ketones (excluding diaryl/α,β-unsaturated/α-hetero) is 1. The Bertz CT molecular complexity index is 753. The van der Waals surface area contributed by atoms with Crippen LogP contribution in [0.1, 0.15) is 40.2 Å². The van der Waals surface area contributed by atoms with Gasteiger partial charge >= 0.3 is 0 Å². The first kappa shape index (κ1) is 13.4. The third kappa shape index (κ3) is 2.95. The van der Waals surface area contributed by atoms with Crippen molar-refractivity contribution in [1.82, 2.24) is 4.98 Å². The molecule has 0 radical (unpaired) electrons. The lowest BCUT2D eigenvalue weighted by Crippen LogP contribution is -2.12. The van der Waals surface area contributed by atoms with Gasteiger partial charge in [0.1, 0.15) is 11.4 Å². The maximum Gasteiger partial charge on any atom is 0.164 e. The smallest absolute Gasteiger partial charge is 0.164 e. The number of fused-ring (bicyclic) bond motifs is 1. The van der Waals surface area contributed by atoms with Gasteiger partial charge in [-0.2, -0.15) is 0 Å². The Kier molecular flexibility index (Phi) is 3.70. The molecule has 2 aromatic rings. The number of ketones is 1. The van der Waals surface area contributed by atoms with E-state index in [0.29, 0.717) is 12.1 Å². The zero-order valence-electron chi connectivity index (χ0n) is 11.8. The number of hydrogen-bond acceptors (Lipinski definition) is 3. The number of pyridine rings is 1. The number of carbonyl (C=O) groups excluding carboxylic acids is 1. The molecule has 0 N–H and O–H groups in total. The minimum atomic E-state index is 0.191. The van der Waals surface area contributed by atoms with E-state index in [1.54, 1.807) is 7.11 Å². The van der Waals surface area contributed by atoms with Gasteiger partial charge in [-0.1, -0.05) is 12.0 Å². The molecule has 0 aliphatic heterocycles. The topological polar surface area (TPSA) is 39.2 Å². The van der Waals surface area contributed by atoms with Crippen molar-refractivity contribution < 1.29 is 9.53 Å². The lowest BCUT2D eigenvalue weighted by molar-refractivity contribution is 0.0971. The second-order valence-electron chi connectivity index (χ2n) is 4.95. The Hall–Kier alpha value is -2.60. The van der Waals surface area contributed by atoms with Crippen molar-refractivity contribution in [1.29, 1.82) is 0 Å². The van der Waals surface area contributed by atoms with Crippen molar-refractivity contribution in [3.63, 3.8) is 0 Å². The zero-order valence-corrected chi connectivity index (χ0v) is 11.8. The molecule has 1 aliphatic carbocycles. The summed E-state index contributed by atoms with van der Waals surface area (Å²) in [4.78, 5) is 16.3. The Morgan fingerprint density at radius 1 is 1.14 bits per heavy atom. The number of rotatable bonds is 1. The summed E-state index contributed by atoms with van der Waals surface area (Å²) in [5, 5.41) is 0. The highest BCUT2D eigenvalue weighted by atomic mass is 16.5. The molecule has 0 saturated heterocycles. The second kappa shape index (κ2) is 5.80. The molecule has 0 unspecified atom stereocenters. The molecular formula is C18H15NO2. The molecular weight excluding hydrogens is 262 g/mol. The molecule has 0 spiro atoms. The molecule has 0 fully saturated rings. The number of carbonyl (C=O) groups is 1. The van der Waals surface area contributed by atoms with E-state index in [-0.39, 0.29) is 5.78 Å². The first-order valence-electron chi connectivity index (χ1n) is 6.95. The van der Waals surface area contributed by atoms with Gasteiger partial charge in [0, 0.05) is 17.5 Å². The predicted molar refractivity (Wildman–Crippen MR) is 80.5 cm³/mol. The summed E-state index contributed by atoms with van der Waals surface area (Å²) in [7, 11) is 1.63. The summed E-state index contributed by atoms with van der Waals surface area (Å²) in [6.45, 7) is 0. The Labute approximate surface area is 124 Å². The van der Waals surface area contributed by atoms with Crippen LogP contribution in [0.25, 0.3) is 0 Å². The van der Waals surface area contributed by atoms with E-state index in [0.717, 1.165) is 35.4 Å². The van der Waals surface area contributed by atoms with Crippen molar-refractivity contribution in [3.8, 4) is 17.6 Å². The van der Waals surface area contributed by atoms with Crippen molar-refractivity contribution in [3.05, 3.63) is 58.9 Å². The van der Waals surface area contributed by atoms with E-state index < -0.39 is 0 Å².